The lowest BCUT2D eigenvalue weighted by atomic mass is 10.0. The number of nitrogens with one attached hydrogen (secondary N) is 4. The summed E-state index contributed by atoms with van der Waals surface area (Å²) >= 11 is 0. The van der Waals surface area contributed by atoms with E-state index in [9.17, 15) is 42.3 Å². The van der Waals surface area contributed by atoms with Gasteiger partial charge in [0.1, 0.15) is 36.5 Å². The monoisotopic (exact) mass is 963 g/mol. The molecule has 21 heteroatoms. The summed E-state index contributed by atoms with van der Waals surface area (Å²) < 4.78 is 37.4. The van der Waals surface area contributed by atoms with Gasteiger partial charge in [-0.15, -0.1) is 0 Å². The zero-order valence-corrected chi connectivity index (χ0v) is 37.8. The Hall–Kier alpha value is -7.52. The van der Waals surface area contributed by atoms with E-state index in [-0.39, 0.29) is 57.0 Å². The van der Waals surface area contributed by atoms with Gasteiger partial charge in [-0.3, -0.25) is 24.2 Å². The van der Waals surface area contributed by atoms with Crippen molar-refractivity contribution in [3.8, 4) is 5.75 Å². The molecule has 0 bridgehead atoms. The van der Waals surface area contributed by atoms with Crippen LogP contribution in [0.4, 0.5) is 13.2 Å². The van der Waals surface area contributed by atoms with Crippen LogP contribution in [-0.4, -0.2) is 101 Å². The van der Waals surface area contributed by atoms with Gasteiger partial charge in [0.2, 0.25) is 23.6 Å². The zero-order chi connectivity index (χ0) is 50.8. The number of carboxylic acid groups (broad SMARTS) is 1. The molecule has 14 N–H and O–H groups in total. The van der Waals surface area contributed by atoms with E-state index in [1.54, 1.807) is 60.7 Å². The number of alkyl halides is 3. The van der Waals surface area contributed by atoms with Crippen molar-refractivity contribution in [3.05, 3.63) is 138 Å². The summed E-state index contributed by atoms with van der Waals surface area (Å²) in [5.74, 6) is -6.03. The van der Waals surface area contributed by atoms with E-state index in [2.05, 4.69) is 26.3 Å². The van der Waals surface area contributed by atoms with E-state index >= 15 is 0 Å². The fourth-order valence-corrected chi connectivity index (χ4v) is 6.52. The van der Waals surface area contributed by atoms with E-state index in [0.717, 1.165) is 16.7 Å². The van der Waals surface area contributed by atoms with Crippen LogP contribution in [0.1, 0.15) is 54.4 Å². The van der Waals surface area contributed by atoms with Crippen molar-refractivity contribution >= 4 is 41.5 Å². The van der Waals surface area contributed by atoms with Crippen molar-refractivity contribution in [2.75, 3.05) is 13.1 Å². The molecular formula is C48H60F3N9O9. The number of aliphatic carboxylic acids is 1. The number of esters is 1. The Morgan fingerprint density at radius 1 is 0.580 bits per heavy atom. The number of unbranched alkanes of at least 4 members (excludes halogenated alkanes) is 1. The molecule has 372 valence electrons. The van der Waals surface area contributed by atoms with Gasteiger partial charge in [-0.05, 0) is 73.0 Å². The number of rotatable bonds is 25. The number of aliphatic imine (C=N–C) groups is 1. The highest BCUT2D eigenvalue weighted by molar-refractivity contribution is 5.95. The third-order valence-corrected chi connectivity index (χ3v) is 10.2. The average Bonchev–Trinajstić information content (AvgIpc) is 3.32. The molecule has 18 nitrogen and oxygen atoms in total. The smallest absolute Gasteiger partial charge is 0.490 e. The Bertz CT molecular complexity index is 2250. The Balaban J connectivity index is 0.00000167. The molecule has 0 spiro atoms. The van der Waals surface area contributed by atoms with Gasteiger partial charge < -0.3 is 59.2 Å². The second kappa shape index (κ2) is 29.3. The van der Waals surface area contributed by atoms with E-state index < -0.39 is 72.0 Å². The highest BCUT2D eigenvalue weighted by atomic mass is 19.4. The van der Waals surface area contributed by atoms with Crippen molar-refractivity contribution < 1.29 is 56.9 Å². The number of guanidine groups is 1. The van der Waals surface area contributed by atoms with Gasteiger partial charge >= 0.3 is 18.1 Å². The number of nitrogens with zero attached hydrogens (tertiary/aromatic N) is 1. The topological polar surface area (TPSA) is 317 Å². The number of hydrogen-bond donors (Lipinski definition) is 10. The number of aromatic hydroxyl groups is 1. The fourth-order valence-electron chi connectivity index (χ4n) is 6.52. The molecule has 0 aromatic heterocycles. The second-order valence-electron chi connectivity index (χ2n) is 15.7. The van der Waals surface area contributed by atoms with Gasteiger partial charge in [-0.25, -0.2) is 9.59 Å². The number of carbonyl (C=O) groups is 6. The summed E-state index contributed by atoms with van der Waals surface area (Å²) in [4.78, 5) is 82.4. The number of hydrogen-bond acceptors (Lipinski definition) is 11. The number of halogens is 3. The average molecular weight is 964 g/mol. The number of carboxylic acids is 1. The van der Waals surface area contributed by atoms with E-state index in [0.29, 0.717) is 31.4 Å². The standard InChI is InChI=1S/C46H59N9O7.C2HF3O2/c47-25-11-10-20-37(52-43(59)38(27-31-13-4-1-5-14-31)53-41(57)36(48)19-12-26-51-46(49)50)42(58)54-39(28-32-15-6-2-7-16-32)44(60)55-40(29-33-21-23-35(56)24-22-33)45(61)62-30-34-17-8-3-9-18-34;3-2(4,5)1(6)7/h1-9,13-18,21-24,36-40,56H,10-12,19-20,25-30,47-48H2,(H,52,59)(H,53,57)(H,54,58)(H,55,60)(H4,49,50,51);(H,6,7). The molecule has 5 unspecified atom stereocenters. The Kier molecular flexibility index (Phi) is 23.7. The maximum Gasteiger partial charge on any atom is 0.490 e. The van der Waals surface area contributed by atoms with Crippen LogP contribution in [0, 0.1) is 0 Å². The first-order valence-electron chi connectivity index (χ1n) is 21.9. The molecule has 69 heavy (non-hydrogen) atoms. The second-order valence-corrected chi connectivity index (χ2v) is 15.7. The quantitative estimate of drug-likeness (QED) is 0.0198. The first kappa shape index (κ1) is 55.8. The van der Waals surface area contributed by atoms with Crippen molar-refractivity contribution in [3.63, 3.8) is 0 Å². The summed E-state index contributed by atoms with van der Waals surface area (Å²) in [6, 6.07) is 27.8. The van der Waals surface area contributed by atoms with Crippen LogP contribution >= 0.6 is 0 Å². The SMILES string of the molecule is NCCCCC(NC(=O)C(Cc1ccccc1)NC(=O)C(N)CCCN=C(N)N)C(=O)NC(Cc1ccccc1)C(=O)NC(Cc1ccc(O)cc1)C(=O)OCc1ccccc1.O=C(O)C(F)(F)F. The molecule has 5 atom stereocenters. The number of amides is 4. The van der Waals surface area contributed by atoms with E-state index in [1.165, 1.54) is 12.1 Å². The molecule has 0 aliphatic carbocycles. The predicted molar refractivity (Wildman–Crippen MR) is 251 cm³/mol. The van der Waals surface area contributed by atoms with Crippen LogP contribution in [0.3, 0.4) is 0 Å². The molecule has 0 aliphatic heterocycles. The van der Waals surface area contributed by atoms with Crippen LogP contribution in [0.15, 0.2) is 120 Å². The summed E-state index contributed by atoms with van der Waals surface area (Å²) in [5.41, 5.74) is 25.6. The maximum atomic E-state index is 14.3. The number of carbonyl (C=O) groups excluding carboxylic acids is 5. The van der Waals surface area contributed by atoms with Crippen LogP contribution < -0.4 is 44.2 Å². The summed E-state index contributed by atoms with van der Waals surface area (Å²) in [6.07, 6.45) is -3.07. The van der Waals surface area contributed by atoms with Gasteiger partial charge in [-0.1, -0.05) is 103 Å². The summed E-state index contributed by atoms with van der Waals surface area (Å²) in [6.45, 7) is 0.586. The van der Waals surface area contributed by atoms with Crippen LogP contribution in [0.5, 0.6) is 5.75 Å². The minimum atomic E-state index is -5.08. The molecule has 4 amide bonds. The summed E-state index contributed by atoms with van der Waals surface area (Å²) in [5, 5.41) is 28.2. The van der Waals surface area contributed by atoms with Gasteiger partial charge in [0.15, 0.2) is 5.96 Å². The number of phenolic OH excluding ortho intramolecular Hbond substituents is 1. The van der Waals surface area contributed by atoms with Gasteiger partial charge in [0.25, 0.3) is 0 Å². The lowest BCUT2D eigenvalue weighted by Gasteiger charge is -2.27. The normalized spacial score (nSPS) is 13.1. The fraction of sp³-hybridized carbons (Fsp3) is 0.354. The minimum absolute atomic E-state index is 0.0257. The van der Waals surface area contributed by atoms with Crippen molar-refractivity contribution in [2.45, 2.75) is 94.4 Å². The van der Waals surface area contributed by atoms with Crippen LogP contribution in [0.25, 0.3) is 0 Å². The molecule has 0 radical (unpaired) electrons. The molecule has 0 saturated heterocycles. The predicted octanol–water partition coefficient (Wildman–Crippen LogP) is 2.25. The van der Waals surface area contributed by atoms with Crippen molar-refractivity contribution in [1.82, 2.24) is 21.3 Å². The number of benzene rings is 4. The van der Waals surface area contributed by atoms with Gasteiger partial charge in [0.05, 0.1) is 6.04 Å². The zero-order valence-electron chi connectivity index (χ0n) is 37.8. The Labute approximate surface area is 397 Å². The Morgan fingerprint density at radius 3 is 1.48 bits per heavy atom. The molecule has 0 fully saturated rings. The van der Waals surface area contributed by atoms with Crippen LogP contribution in [0.2, 0.25) is 0 Å². The third-order valence-electron chi connectivity index (χ3n) is 10.2. The molecule has 0 saturated carbocycles. The highest BCUT2D eigenvalue weighted by Crippen LogP contribution is 2.15. The van der Waals surface area contributed by atoms with E-state index in [1.807, 2.05) is 42.5 Å². The molecular weight excluding hydrogens is 904 g/mol. The molecule has 4 aromatic rings. The van der Waals surface area contributed by atoms with E-state index in [4.69, 9.17) is 37.6 Å². The van der Waals surface area contributed by atoms with Crippen LogP contribution in [-0.2, 0) is 59.4 Å². The lowest BCUT2D eigenvalue weighted by molar-refractivity contribution is -0.192. The highest BCUT2D eigenvalue weighted by Gasteiger charge is 2.38. The number of nitrogens with two attached hydrogens (primary N) is 4. The molecule has 0 heterocycles. The molecule has 4 aromatic carbocycles. The van der Waals surface area contributed by atoms with Crippen molar-refractivity contribution in [2.24, 2.45) is 27.9 Å². The number of ether oxygens (including phenoxy) is 1. The largest absolute Gasteiger partial charge is 0.508 e. The lowest BCUT2D eigenvalue weighted by Crippen LogP contribution is -2.59. The first-order chi connectivity index (χ1) is 32.9. The third kappa shape index (κ3) is 21.8. The number of phenols is 1. The minimum Gasteiger partial charge on any atom is -0.508 e. The Morgan fingerprint density at radius 2 is 1.00 bits per heavy atom. The first-order valence-corrected chi connectivity index (χ1v) is 21.9. The molecule has 4 rings (SSSR count). The van der Waals surface area contributed by atoms with Gasteiger partial charge in [-0.2, -0.15) is 13.2 Å². The summed E-state index contributed by atoms with van der Waals surface area (Å²) in [7, 11) is 0. The van der Waals surface area contributed by atoms with Crippen molar-refractivity contribution in [1.29, 1.82) is 0 Å². The maximum absolute atomic E-state index is 14.3. The van der Waals surface area contributed by atoms with Gasteiger partial charge in [0, 0.05) is 25.8 Å². The molecule has 0 aliphatic rings.